The summed E-state index contributed by atoms with van der Waals surface area (Å²) in [6, 6.07) is 20.9. The molecule has 6 heteroatoms. The van der Waals surface area contributed by atoms with Crippen LogP contribution >= 0.6 is 12.2 Å². The number of thiocarbonyl (C=S) groups is 1. The molecular weight excluding hydrogens is 450 g/mol. The summed E-state index contributed by atoms with van der Waals surface area (Å²) in [5.74, 6) is 0. The quantitative estimate of drug-likeness (QED) is 0.346. The van der Waals surface area contributed by atoms with Crippen LogP contribution in [0.4, 0.5) is 0 Å². The Labute approximate surface area is 212 Å². The van der Waals surface area contributed by atoms with Gasteiger partial charge in [-0.05, 0) is 86.4 Å². The van der Waals surface area contributed by atoms with Crippen molar-refractivity contribution in [3.63, 3.8) is 0 Å². The Morgan fingerprint density at radius 2 is 1.71 bits per heavy atom. The monoisotopic (exact) mass is 481 g/mol. The first-order chi connectivity index (χ1) is 17.0. The molecule has 0 amide bonds. The number of nitrogens with zero attached hydrogens (tertiary/aromatic N) is 4. The van der Waals surface area contributed by atoms with Crippen LogP contribution in [-0.2, 0) is 13.0 Å². The van der Waals surface area contributed by atoms with Gasteiger partial charge in [0.25, 0.3) is 0 Å². The molecule has 0 radical (unpaired) electrons. The van der Waals surface area contributed by atoms with Crippen LogP contribution in [0, 0.1) is 20.8 Å². The Hall–Kier alpha value is -3.51. The van der Waals surface area contributed by atoms with Crippen molar-refractivity contribution in [1.82, 2.24) is 24.8 Å². The van der Waals surface area contributed by atoms with E-state index in [1.165, 1.54) is 33.8 Å². The highest BCUT2D eigenvalue weighted by Crippen LogP contribution is 2.42. The van der Waals surface area contributed by atoms with Crippen molar-refractivity contribution in [2.75, 3.05) is 0 Å². The third kappa shape index (κ3) is 4.23. The average molecular weight is 482 g/mol. The Morgan fingerprint density at radius 1 is 0.943 bits per heavy atom. The minimum Gasteiger partial charge on any atom is -0.352 e. The van der Waals surface area contributed by atoms with Crippen molar-refractivity contribution in [2.24, 2.45) is 0 Å². The summed E-state index contributed by atoms with van der Waals surface area (Å²) < 4.78 is 2.42. The zero-order valence-corrected chi connectivity index (χ0v) is 21.5. The number of pyridine rings is 2. The summed E-state index contributed by atoms with van der Waals surface area (Å²) in [6.45, 7) is 9.47. The topological polar surface area (TPSA) is 46.0 Å². The van der Waals surface area contributed by atoms with Gasteiger partial charge in [0.05, 0.1) is 35.7 Å². The summed E-state index contributed by atoms with van der Waals surface area (Å²) in [5.41, 5.74) is 9.60. The third-order valence-electron chi connectivity index (χ3n) is 6.97. The fourth-order valence-electron chi connectivity index (χ4n) is 5.34. The van der Waals surface area contributed by atoms with Gasteiger partial charge < -0.3 is 14.8 Å². The van der Waals surface area contributed by atoms with E-state index in [9.17, 15) is 0 Å². The van der Waals surface area contributed by atoms with Crippen LogP contribution in [0.25, 0.3) is 5.69 Å². The molecule has 4 heterocycles. The van der Waals surface area contributed by atoms with Gasteiger partial charge in [0.2, 0.25) is 0 Å². The van der Waals surface area contributed by atoms with Crippen LogP contribution < -0.4 is 5.32 Å². The molecule has 1 saturated heterocycles. The summed E-state index contributed by atoms with van der Waals surface area (Å²) in [7, 11) is 0. The molecule has 0 aliphatic carbocycles. The first kappa shape index (κ1) is 23.2. The lowest BCUT2D eigenvalue weighted by molar-refractivity contribution is 0.307. The number of hydrogen-bond donors (Lipinski definition) is 1. The van der Waals surface area contributed by atoms with Crippen molar-refractivity contribution in [3.05, 3.63) is 113 Å². The number of nitrogens with one attached hydrogen (secondary N) is 1. The van der Waals surface area contributed by atoms with Crippen molar-refractivity contribution < 1.29 is 0 Å². The van der Waals surface area contributed by atoms with E-state index in [4.69, 9.17) is 17.2 Å². The van der Waals surface area contributed by atoms with E-state index in [0.717, 1.165) is 22.9 Å². The summed E-state index contributed by atoms with van der Waals surface area (Å²) >= 11 is 5.88. The normalized spacial score (nSPS) is 17.6. The Balaban J connectivity index is 1.66. The first-order valence-electron chi connectivity index (χ1n) is 12.1. The van der Waals surface area contributed by atoms with Gasteiger partial charge in [-0.25, -0.2) is 0 Å². The maximum absolute atomic E-state index is 5.88. The highest BCUT2D eigenvalue weighted by atomic mass is 32.1. The van der Waals surface area contributed by atoms with E-state index in [0.29, 0.717) is 6.54 Å². The van der Waals surface area contributed by atoms with Crippen molar-refractivity contribution >= 4 is 17.3 Å². The fraction of sp³-hybridized carbons (Fsp3) is 0.276. The largest absolute Gasteiger partial charge is 0.352 e. The van der Waals surface area contributed by atoms with Crippen LogP contribution in [0.1, 0.15) is 58.5 Å². The van der Waals surface area contributed by atoms with Gasteiger partial charge >= 0.3 is 0 Å². The van der Waals surface area contributed by atoms with Gasteiger partial charge in [-0.2, -0.15) is 0 Å². The predicted octanol–water partition coefficient (Wildman–Crippen LogP) is 5.93. The second-order valence-electron chi connectivity index (χ2n) is 9.17. The maximum atomic E-state index is 5.88. The average Bonchev–Trinajstić information content (AvgIpc) is 3.35. The molecule has 5 nitrogen and oxygen atoms in total. The lowest BCUT2D eigenvalue weighted by Crippen LogP contribution is -2.29. The SMILES string of the molecule is CCc1cccc(C)c1-n1c(C)cc([C@H]2[C@@H](c3ccccn3)NC(=S)N2Cc2ccccn2)c1C. The highest BCUT2D eigenvalue weighted by molar-refractivity contribution is 7.80. The molecule has 3 aromatic heterocycles. The molecule has 0 bridgehead atoms. The molecule has 178 valence electrons. The van der Waals surface area contributed by atoms with Gasteiger partial charge in [-0.15, -0.1) is 0 Å². The second kappa shape index (κ2) is 9.62. The molecule has 1 aliphatic heterocycles. The number of hydrogen-bond acceptors (Lipinski definition) is 3. The van der Waals surface area contributed by atoms with E-state index in [1.807, 2.05) is 36.7 Å². The molecule has 0 spiro atoms. The fourth-order valence-corrected chi connectivity index (χ4v) is 5.64. The van der Waals surface area contributed by atoms with Gasteiger partial charge in [0.15, 0.2) is 5.11 Å². The van der Waals surface area contributed by atoms with Gasteiger partial charge in [-0.1, -0.05) is 37.3 Å². The molecule has 2 atom stereocenters. The number of aryl methyl sites for hydroxylation is 3. The van der Waals surface area contributed by atoms with E-state index in [2.05, 4.69) is 83.9 Å². The van der Waals surface area contributed by atoms with Crippen molar-refractivity contribution in [3.8, 4) is 5.69 Å². The number of benzene rings is 1. The highest BCUT2D eigenvalue weighted by Gasteiger charge is 2.41. The zero-order chi connectivity index (χ0) is 24.5. The molecule has 1 aliphatic rings. The minimum atomic E-state index is -0.0520. The van der Waals surface area contributed by atoms with Gasteiger partial charge in [-0.3, -0.25) is 9.97 Å². The summed E-state index contributed by atoms with van der Waals surface area (Å²) in [5, 5.41) is 4.30. The predicted molar refractivity (Wildman–Crippen MR) is 145 cm³/mol. The van der Waals surface area contributed by atoms with E-state index >= 15 is 0 Å². The number of aromatic nitrogens is 3. The summed E-state index contributed by atoms with van der Waals surface area (Å²) in [4.78, 5) is 11.5. The lowest BCUT2D eigenvalue weighted by atomic mass is 9.96. The minimum absolute atomic E-state index is 0.00606. The van der Waals surface area contributed by atoms with Crippen LogP contribution in [0.2, 0.25) is 0 Å². The first-order valence-corrected chi connectivity index (χ1v) is 12.6. The molecule has 4 aromatic rings. The third-order valence-corrected chi connectivity index (χ3v) is 7.32. The van der Waals surface area contributed by atoms with E-state index in [1.54, 1.807) is 0 Å². The maximum Gasteiger partial charge on any atom is 0.170 e. The van der Waals surface area contributed by atoms with Crippen LogP contribution in [0.15, 0.2) is 73.1 Å². The Bertz CT molecular complexity index is 1350. The number of rotatable bonds is 6. The van der Waals surface area contributed by atoms with E-state index < -0.39 is 0 Å². The molecule has 0 saturated carbocycles. The molecule has 5 rings (SSSR count). The van der Waals surface area contributed by atoms with Crippen LogP contribution in [-0.4, -0.2) is 24.5 Å². The van der Waals surface area contributed by atoms with E-state index in [-0.39, 0.29) is 12.1 Å². The van der Waals surface area contributed by atoms with Crippen molar-refractivity contribution in [2.45, 2.75) is 52.7 Å². The van der Waals surface area contributed by atoms with Crippen LogP contribution in [0.5, 0.6) is 0 Å². The van der Waals surface area contributed by atoms with Crippen LogP contribution in [0.3, 0.4) is 0 Å². The van der Waals surface area contributed by atoms with Gasteiger partial charge in [0, 0.05) is 23.8 Å². The zero-order valence-electron chi connectivity index (χ0n) is 20.7. The second-order valence-corrected chi connectivity index (χ2v) is 9.56. The molecule has 0 unspecified atom stereocenters. The number of para-hydroxylation sites is 1. The standard InChI is InChI=1S/C29H31N5S/c1-5-22-12-10-11-19(2)27(22)34-20(3)17-24(21(34)4)28-26(25-14-7-9-16-31-25)32-29(35)33(28)18-23-13-6-8-15-30-23/h6-17,26,28H,5,18H2,1-4H3,(H,32,35)/t26-,28+/m1/s1. The molecular formula is C29H31N5S. The Kier molecular flexibility index (Phi) is 6.39. The molecule has 1 fully saturated rings. The smallest absolute Gasteiger partial charge is 0.170 e. The van der Waals surface area contributed by atoms with Gasteiger partial charge in [0.1, 0.15) is 0 Å². The Morgan fingerprint density at radius 3 is 2.40 bits per heavy atom. The van der Waals surface area contributed by atoms with Crippen molar-refractivity contribution in [1.29, 1.82) is 0 Å². The molecule has 35 heavy (non-hydrogen) atoms. The lowest BCUT2D eigenvalue weighted by Gasteiger charge is -2.28. The molecule has 1 aromatic carbocycles. The summed E-state index contributed by atoms with van der Waals surface area (Å²) in [6.07, 6.45) is 4.67. The molecule has 1 N–H and O–H groups in total.